The van der Waals surface area contributed by atoms with E-state index >= 15 is 0 Å². The van der Waals surface area contributed by atoms with Crippen LogP contribution in [0.5, 0.6) is 0 Å². The first-order valence-corrected chi connectivity index (χ1v) is 10.2. The first-order chi connectivity index (χ1) is 11.2. The minimum Gasteiger partial charge on any atom is -0.366 e. The summed E-state index contributed by atoms with van der Waals surface area (Å²) < 4.78 is 0. The first-order valence-electron chi connectivity index (χ1n) is 10.2. The van der Waals surface area contributed by atoms with E-state index in [4.69, 9.17) is 5.73 Å². The van der Waals surface area contributed by atoms with Gasteiger partial charge in [-0.3, -0.25) is 4.79 Å². The van der Waals surface area contributed by atoms with Crippen LogP contribution in [0.3, 0.4) is 0 Å². The molecule has 0 unspecified atom stereocenters. The van der Waals surface area contributed by atoms with Gasteiger partial charge in [0, 0.05) is 5.57 Å². The molecule has 0 aromatic heterocycles. The van der Waals surface area contributed by atoms with Crippen molar-refractivity contribution < 1.29 is 4.79 Å². The van der Waals surface area contributed by atoms with E-state index in [1.54, 1.807) is 0 Å². The third-order valence-electron chi connectivity index (χ3n) is 4.68. The van der Waals surface area contributed by atoms with Gasteiger partial charge in [0.1, 0.15) is 0 Å². The third-order valence-corrected chi connectivity index (χ3v) is 4.68. The Kier molecular flexibility index (Phi) is 17.0. The number of amides is 1. The van der Waals surface area contributed by atoms with Crippen LogP contribution in [-0.4, -0.2) is 5.91 Å². The summed E-state index contributed by atoms with van der Waals surface area (Å²) in [6.07, 6.45) is 22.7. The van der Waals surface area contributed by atoms with Crippen molar-refractivity contribution in [2.45, 2.75) is 116 Å². The lowest BCUT2D eigenvalue weighted by Crippen LogP contribution is -2.12. The minimum atomic E-state index is -0.342. The molecule has 0 atom stereocenters. The highest BCUT2D eigenvalue weighted by Gasteiger charge is 2.00. The maximum absolute atomic E-state index is 10.8. The van der Waals surface area contributed by atoms with Gasteiger partial charge in [-0.05, 0) is 12.8 Å². The van der Waals surface area contributed by atoms with Crippen molar-refractivity contribution >= 4 is 5.91 Å². The second-order valence-electron chi connectivity index (χ2n) is 7.02. The zero-order valence-electron chi connectivity index (χ0n) is 15.7. The fourth-order valence-electron chi connectivity index (χ4n) is 3.01. The molecule has 0 fully saturated rings. The zero-order chi connectivity index (χ0) is 17.2. The van der Waals surface area contributed by atoms with E-state index in [2.05, 4.69) is 13.5 Å². The van der Waals surface area contributed by atoms with E-state index in [0.29, 0.717) is 5.57 Å². The maximum Gasteiger partial charge on any atom is 0.244 e. The number of carbonyl (C=O) groups is 1. The Morgan fingerprint density at radius 2 is 0.957 bits per heavy atom. The second-order valence-corrected chi connectivity index (χ2v) is 7.02. The van der Waals surface area contributed by atoms with Crippen molar-refractivity contribution in [1.82, 2.24) is 0 Å². The van der Waals surface area contributed by atoms with Gasteiger partial charge in [0.15, 0.2) is 0 Å². The monoisotopic (exact) mass is 323 g/mol. The Labute approximate surface area is 145 Å². The van der Waals surface area contributed by atoms with Crippen LogP contribution in [0.1, 0.15) is 116 Å². The van der Waals surface area contributed by atoms with Crippen molar-refractivity contribution in [3.8, 4) is 0 Å². The lowest BCUT2D eigenvalue weighted by Gasteiger charge is -2.04. The molecule has 0 bridgehead atoms. The van der Waals surface area contributed by atoms with Crippen LogP contribution in [0.15, 0.2) is 12.2 Å². The Morgan fingerprint density at radius 3 is 1.26 bits per heavy atom. The van der Waals surface area contributed by atoms with E-state index in [1.807, 2.05) is 0 Å². The van der Waals surface area contributed by atoms with Crippen molar-refractivity contribution in [2.75, 3.05) is 0 Å². The van der Waals surface area contributed by atoms with Crippen LogP contribution in [-0.2, 0) is 4.79 Å². The molecule has 2 heteroatoms. The van der Waals surface area contributed by atoms with E-state index < -0.39 is 0 Å². The molecule has 0 aliphatic rings. The van der Waals surface area contributed by atoms with E-state index in [1.165, 1.54) is 96.3 Å². The van der Waals surface area contributed by atoms with E-state index in [9.17, 15) is 4.79 Å². The smallest absolute Gasteiger partial charge is 0.244 e. The molecule has 0 aliphatic heterocycles. The van der Waals surface area contributed by atoms with Crippen LogP contribution in [0, 0.1) is 0 Å². The molecular weight excluding hydrogens is 282 g/mol. The van der Waals surface area contributed by atoms with Gasteiger partial charge in [-0.15, -0.1) is 0 Å². The number of rotatable bonds is 18. The molecular formula is C21H41NO. The highest BCUT2D eigenvalue weighted by Crippen LogP contribution is 2.14. The largest absolute Gasteiger partial charge is 0.366 e. The maximum atomic E-state index is 10.8. The fourth-order valence-corrected chi connectivity index (χ4v) is 3.01. The van der Waals surface area contributed by atoms with Crippen molar-refractivity contribution in [3.05, 3.63) is 12.2 Å². The normalized spacial score (nSPS) is 10.8. The number of hydrogen-bond acceptors (Lipinski definition) is 1. The first kappa shape index (κ1) is 22.2. The molecule has 2 nitrogen and oxygen atoms in total. The number of hydrogen-bond donors (Lipinski definition) is 1. The van der Waals surface area contributed by atoms with Crippen molar-refractivity contribution in [3.63, 3.8) is 0 Å². The molecule has 0 radical (unpaired) electrons. The summed E-state index contributed by atoms with van der Waals surface area (Å²) in [5, 5.41) is 0. The number of carbonyl (C=O) groups excluding carboxylic acids is 1. The molecule has 1 amide bonds. The van der Waals surface area contributed by atoms with E-state index in [-0.39, 0.29) is 5.91 Å². The predicted molar refractivity (Wildman–Crippen MR) is 102 cm³/mol. The summed E-state index contributed by atoms with van der Waals surface area (Å²) in [5.41, 5.74) is 5.74. The van der Waals surface area contributed by atoms with Gasteiger partial charge in [0.2, 0.25) is 5.91 Å². The molecule has 0 saturated heterocycles. The lowest BCUT2D eigenvalue weighted by atomic mass is 10.0. The predicted octanol–water partition coefficient (Wildman–Crippen LogP) is 6.68. The topological polar surface area (TPSA) is 43.1 Å². The highest BCUT2D eigenvalue weighted by molar-refractivity contribution is 5.91. The Bertz CT molecular complexity index is 286. The van der Waals surface area contributed by atoms with Gasteiger partial charge in [0.25, 0.3) is 0 Å². The average Bonchev–Trinajstić information content (AvgIpc) is 2.54. The number of nitrogens with two attached hydrogens (primary N) is 1. The lowest BCUT2D eigenvalue weighted by molar-refractivity contribution is -0.114. The van der Waals surface area contributed by atoms with Gasteiger partial charge in [-0.25, -0.2) is 0 Å². The summed E-state index contributed by atoms with van der Waals surface area (Å²) in [6.45, 7) is 5.97. The Balaban J connectivity index is 3.05. The third kappa shape index (κ3) is 17.4. The average molecular weight is 324 g/mol. The molecule has 0 aromatic rings. The molecule has 0 aromatic carbocycles. The summed E-state index contributed by atoms with van der Waals surface area (Å²) >= 11 is 0. The summed E-state index contributed by atoms with van der Waals surface area (Å²) in [7, 11) is 0. The fraction of sp³-hybridized carbons (Fsp3) is 0.857. The molecule has 2 N–H and O–H groups in total. The van der Waals surface area contributed by atoms with Crippen molar-refractivity contribution in [1.29, 1.82) is 0 Å². The SMILES string of the molecule is C=C(CCCCCCCCCCCCCCCCCC)C(N)=O. The van der Waals surface area contributed by atoms with Gasteiger partial charge < -0.3 is 5.73 Å². The summed E-state index contributed by atoms with van der Waals surface area (Å²) in [6, 6.07) is 0. The van der Waals surface area contributed by atoms with Crippen LogP contribution in [0.4, 0.5) is 0 Å². The Hall–Kier alpha value is -0.790. The molecule has 0 spiro atoms. The Morgan fingerprint density at radius 1 is 0.652 bits per heavy atom. The molecule has 0 aliphatic carbocycles. The molecule has 23 heavy (non-hydrogen) atoms. The summed E-state index contributed by atoms with van der Waals surface area (Å²) in [5.74, 6) is -0.342. The number of primary amides is 1. The zero-order valence-corrected chi connectivity index (χ0v) is 15.7. The van der Waals surface area contributed by atoms with Gasteiger partial charge in [0.05, 0.1) is 0 Å². The second kappa shape index (κ2) is 17.6. The highest BCUT2D eigenvalue weighted by atomic mass is 16.1. The van der Waals surface area contributed by atoms with E-state index in [0.717, 1.165) is 12.8 Å². The van der Waals surface area contributed by atoms with Gasteiger partial charge in [-0.2, -0.15) is 0 Å². The van der Waals surface area contributed by atoms with Crippen LogP contribution in [0.2, 0.25) is 0 Å². The van der Waals surface area contributed by atoms with Crippen molar-refractivity contribution in [2.24, 2.45) is 5.73 Å². The summed E-state index contributed by atoms with van der Waals surface area (Å²) in [4.78, 5) is 10.8. The van der Waals surface area contributed by atoms with Gasteiger partial charge >= 0.3 is 0 Å². The molecule has 0 heterocycles. The number of unbranched alkanes of at least 4 members (excludes halogenated alkanes) is 15. The standard InChI is InChI=1S/C21H41NO/c1-3-4-5-6-7-8-9-10-11-12-13-14-15-16-17-18-19-20(2)21(22)23/h2-19H2,1H3,(H2,22,23). The molecule has 0 saturated carbocycles. The van der Waals surface area contributed by atoms with Crippen LogP contribution >= 0.6 is 0 Å². The molecule has 0 rings (SSSR count). The van der Waals surface area contributed by atoms with Gasteiger partial charge in [-0.1, -0.05) is 110 Å². The quantitative estimate of drug-likeness (QED) is 0.222. The van der Waals surface area contributed by atoms with Crippen LogP contribution in [0.25, 0.3) is 0 Å². The van der Waals surface area contributed by atoms with Crippen LogP contribution < -0.4 is 5.73 Å². The minimum absolute atomic E-state index is 0.342. The molecule has 136 valence electrons.